The number of nitrogens with two attached hydrogens (primary N) is 1. The zero-order valence-electron chi connectivity index (χ0n) is 12.0. The van der Waals surface area contributed by atoms with Crippen molar-refractivity contribution in [1.82, 2.24) is 0 Å². The van der Waals surface area contributed by atoms with E-state index in [-0.39, 0.29) is 11.5 Å². The molecule has 0 radical (unpaired) electrons. The highest BCUT2D eigenvalue weighted by molar-refractivity contribution is 6.03. The van der Waals surface area contributed by atoms with Crippen LogP contribution in [0.5, 0.6) is 0 Å². The third kappa shape index (κ3) is 4.14. The minimum Gasteiger partial charge on any atom is -0.510 e. The number of hydrogen-bond acceptors (Lipinski definition) is 5. The van der Waals surface area contributed by atoms with Crippen LogP contribution < -0.4 is 15.8 Å². The predicted octanol–water partition coefficient (Wildman–Crippen LogP) is 2.20. The van der Waals surface area contributed by atoms with Gasteiger partial charge in [-0.3, -0.25) is 4.79 Å². The lowest BCUT2D eigenvalue weighted by Crippen LogP contribution is -2.43. The Morgan fingerprint density at radius 2 is 1.95 bits per heavy atom. The van der Waals surface area contributed by atoms with Gasteiger partial charge in [-0.2, -0.15) is 5.11 Å². The summed E-state index contributed by atoms with van der Waals surface area (Å²) in [7, 11) is 0. The summed E-state index contributed by atoms with van der Waals surface area (Å²) in [5.41, 5.74) is 0.883. The molecule has 1 amide bonds. The number of amides is 1. The lowest BCUT2D eigenvalue weighted by molar-refractivity contribution is -0.638. The van der Waals surface area contributed by atoms with Gasteiger partial charge in [0.05, 0.1) is 5.69 Å². The number of rotatable bonds is 4. The Morgan fingerprint density at radius 3 is 2.59 bits per heavy atom. The van der Waals surface area contributed by atoms with Crippen molar-refractivity contribution in [2.75, 3.05) is 11.2 Å². The van der Waals surface area contributed by atoms with Crippen LogP contribution in [0.25, 0.3) is 0 Å². The molecule has 0 bridgehead atoms. The largest absolute Gasteiger partial charge is 0.510 e. The maximum absolute atomic E-state index is 12.2. The van der Waals surface area contributed by atoms with E-state index in [0.717, 1.165) is 0 Å². The smallest absolute Gasteiger partial charge is 0.279 e. The molecular formula is C15H16N5O2+. The lowest BCUT2D eigenvalue weighted by Gasteiger charge is -2.04. The van der Waals surface area contributed by atoms with Crippen LogP contribution in [-0.4, -0.2) is 11.0 Å². The highest BCUT2D eigenvalue weighted by atomic mass is 16.3. The molecule has 0 saturated heterocycles. The number of aliphatic hydroxyl groups is 1. The number of benzene rings is 1. The fourth-order valence-electron chi connectivity index (χ4n) is 1.64. The molecule has 0 aliphatic rings. The van der Waals surface area contributed by atoms with Crippen molar-refractivity contribution in [2.24, 2.45) is 10.2 Å². The molecule has 0 spiro atoms. The molecule has 0 aliphatic carbocycles. The van der Waals surface area contributed by atoms with Gasteiger partial charge in [-0.05, 0) is 25.1 Å². The van der Waals surface area contributed by atoms with E-state index in [0.29, 0.717) is 11.4 Å². The van der Waals surface area contributed by atoms with Gasteiger partial charge in [0, 0.05) is 6.07 Å². The van der Waals surface area contributed by atoms with E-state index in [1.165, 1.54) is 17.8 Å². The Balaban J connectivity index is 2.17. The molecule has 0 unspecified atom stereocenters. The van der Waals surface area contributed by atoms with Crippen molar-refractivity contribution >= 4 is 17.3 Å². The number of allylic oxidation sites excluding steroid dienone is 1. The zero-order valence-corrected chi connectivity index (χ0v) is 12.0. The fraction of sp³-hybridized carbons (Fsp3) is 0.0667. The standard InChI is InChI=1S/C15H15N5O2/c1-11(21)14(19-18-12-6-3-2-4-7-12)15(22)17-13-8-5-9-20(16)10-13/h2-10H,16H2,1H3,(H-,17,18,21,22)/p+1. The van der Waals surface area contributed by atoms with Crippen molar-refractivity contribution in [3.05, 3.63) is 66.3 Å². The summed E-state index contributed by atoms with van der Waals surface area (Å²) in [6.07, 6.45) is 3.15. The first-order valence-corrected chi connectivity index (χ1v) is 6.50. The summed E-state index contributed by atoms with van der Waals surface area (Å²) in [6, 6.07) is 12.3. The van der Waals surface area contributed by atoms with Gasteiger partial charge in [-0.15, -0.1) is 5.11 Å². The molecule has 2 aromatic rings. The summed E-state index contributed by atoms with van der Waals surface area (Å²) < 4.78 is 1.30. The minimum atomic E-state index is -0.578. The van der Waals surface area contributed by atoms with E-state index in [1.54, 1.807) is 42.6 Å². The van der Waals surface area contributed by atoms with Crippen LogP contribution in [0.4, 0.5) is 11.4 Å². The molecule has 4 N–H and O–H groups in total. The lowest BCUT2D eigenvalue weighted by atomic mass is 10.3. The Morgan fingerprint density at radius 1 is 1.23 bits per heavy atom. The van der Waals surface area contributed by atoms with E-state index in [2.05, 4.69) is 15.5 Å². The van der Waals surface area contributed by atoms with Crippen molar-refractivity contribution in [1.29, 1.82) is 0 Å². The van der Waals surface area contributed by atoms with Gasteiger partial charge in [0.2, 0.25) is 6.20 Å². The predicted molar refractivity (Wildman–Crippen MR) is 81.7 cm³/mol. The zero-order chi connectivity index (χ0) is 15.9. The van der Waals surface area contributed by atoms with Crippen LogP contribution in [0.15, 0.2) is 76.5 Å². The summed E-state index contributed by atoms with van der Waals surface area (Å²) >= 11 is 0. The topological polar surface area (TPSA) is 104 Å². The minimum absolute atomic E-state index is 0.170. The molecule has 2 rings (SSSR count). The Labute approximate surface area is 127 Å². The second kappa shape index (κ2) is 6.98. The van der Waals surface area contributed by atoms with Crippen LogP contribution in [0.2, 0.25) is 0 Å². The average Bonchev–Trinajstić information content (AvgIpc) is 2.48. The van der Waals surface area contributed by atoms with Crippen molar-refractivity contribution in [3.8, 4) is 0 Å². The van der Waals surface area contributed by atoms with Gasteiger partial charge in [-0.25, -0.2) is 5.84 Å². The number of anilines is 1. The molecule has 0 fully saturated rings. The Kier molecular flexibility index (Phi) is 4.81. The second-order valence-electron chi connectivity index (χ2n) is 4.46. The molecule has 1 heterocycles. The van der Waals surface area contributed by atoms with Crippen LogP contribution in [-0.2, 0) is 4.79 Å². The second-order valence-corrected chi connectivity index (χ2v) is 4.46. The maximum atomic E-state index is 12.2. The van der Waals surface area contributed by atoms with E-state index >= 15 is 0 Å². The molecule has 1 aromatic carbocycles. The molecule has 22 heavy (non-hydrogen) atoms. The van der Waals surface area contributed by atoms with E-state index in [4.69, 9.17) is 5.84 Å². The molecule has 0 aliphatic heterocycles. The number of carbonyl (C=O) groups is 1. The monoisotopic (exact) mass is 298 g/mol. The Bertz CT molecular complexity index is 722. The van der Waals surface area contributed by atoms with Crippen molar-refractivity contribution < 1.29 is 14.6 Å². The van der Waals surface area contributed by atoms with Gasteiger partial charge in [-0.1, -0.05) is 22.9 Å². The normalized spacial score (nSPS) is 12.0. The van der Waals surface area contributed by atoms with Crippen LogP contribution >= 0.6 is 0 Å². The molecule has 7 nitrogen and oxygen atoms in total. The highest BCUT2D eigenvalue weighted by Gasteiger charge is 2.14. The molecule has 112 valence electrons. The number of nitrogens with one attached hydrogen (secondary N) is 1. The van der Waals surface area contributed by atoms with Crippen LogP contribution in [0.3, 0.4) is 0 Å². The number of aliphatic hydroxyl groups excluding tert-OH is 1. The van der Waals surface area contributed by atoms with Gasteiger partial charge in [0.15, 0.2) is 11.9 Å². The number of nitrogen functional groups attached to an aromatic ring is 1. The van der Waals surface area contributed by atoms with E-state index in [9.17, 15) is 9.90 Å². The number of pyridine rings is 1. The summed E-state index contributed by atoms with van der Waals surface area (Å²) in [5, 5.41) is 20.0. The number of azo groups is 1. The van der Waals surface area contributed by atoms with Crippen LogP contribution in [0, 0.1) is 0 Å². The fourth-order valence-corrected chi connectivity index (χ4v) is 1.64. The van der Waals surface area contributed by atoms with E-state index in [1.807, 2.05) is 6.07 Å². The average molecular weight is 298 g/mol. The summed E-state index contributed by atoms with van der Waals surface area (Å²) in [6.45, 7) is 1.37. The van der Waals surface area contributed by atoms with Gasteiger partial charge in [0.25, 0.3) is 5.91 Å². The van der Waals surface area contributed by atoms with Gasteiger partial charge in [0.1, 0.15) is 11.4 Å². The summed E-state index contributed by atoms with van der Waals surface area (Å²) in [4.78, 5) is 12.2. The SMILES string of the molecule is CC(O)=C(N=Nc1ccccc1)C(=O)Nc1ccc[n+](N)c1. The first kappa shape index (κ1) is 15.2. The summed E-state index contributed by atoms with van der Waals surface area (Å²) in [5.74, 6) is 4.76. The molecule has 0 atom stereocenters. The first-order valence-electron chi connectivity index (χ1n) is 6.50. The molecule has 0 saturated carbocycles. The number of nitrogens with zero attached hydrogens (tertiary/aromatic N) is 3. The molecule has 7 heteroatoms. The van der Waals surface area contributed by atoms with Crippen molar-refractivity contribution in [2.45, 2.75) is 6.92 Å². The quantitative estimate of drug-likeness (QED) is 0.265. The van der Waals surface area contributed by atoms with Crippen LogP contribution in [0.1, 0.15) is 6.92 Å². The molecule has 1 aromatic heterocycles. The Hall–Kier alpha value is -3.22. The third-order valence-corrected chi connectivity index (χ3v) is 2.66. The highest BCUT2D eigenvalue weighted by Crippen LogP contribution is 2.15. The molecular weight excluding hydrogens is 282 g/mol. The van der Waals surface area contributed by atoms with Gasteiger partial charge >= 0.3 is 0 Å². The number of carbonyl (C=O) groups excluding carboxylic acids is 1. The maximum Gasteiger partial charge on any atom is 0.279 e. The third-order valence-electron chi connectivity index (χ3n) is 2.66. The number of hydrogen-bond donors (Lipinski definition) is 3. The first-order chi connectivity index (χ1) is 10.6. The van der Waals surface area contributed by atoms with Gasteiger partial charge < -0.3 is 10.4 Å². The van der Waals surface area contributed by atoms with E-state index < -0.39 is 5.91 Å². The van der Waals surface area contributed by atoms with Crippen molar-refractivity contribution in [3.63, 3.8) is 0 Å². The number of aromatic nitrogens is 1.